The Morgan fingerprint density at radius 2 is 1.85 bits per heavy atom. The predicted octanol–water partition coefficient (Wildman–Crippen LogP) is 5.26. The Labute approximate surface area is 188 Å². The highest BCUT2D eigenvalue weighted by atomic mass is 19.1. The monoisotopic (exact) mass is 451 g/mol. The average molecular weight is 451 g/mol. The molecule has 8 heteroatoms. The molecule has 1 aliphatic carbocycles. The second kappa shape index (κ2) is 7.66. The third kappa shape index (κ3) is 3.15. The Kier molecular flexibility index (Phi) is 4.72. The number of carbonyl (C=O) groups is 1. The van der Waals surface area contributed by atoms with Crippen molar-refractivity contribution in [1.82, 2.24) is 14.8 Å². The van der Waals surface area contributed by atoms with Crippen LogP contribution in [0.5, 0.6) is 0 Å². The van der Waals surface area contributed by atoms with E-state index in [4.69, 9.17) is 4.74 Å². The van der Waals surface area contributed by atoms with Gasteiger partial charge in [-0.15, -0.1) is 0 Å². The van der Waals surface area contributed by atoms with Gasteiger partial charge in [0.2, 0.25) is 0 Å². The smallest absolute Gasteiger partial charge is 0.306 e. The molecule has 0 unspecified atom stereocenters. The molecule has 0 radical (unpaired) electrons. The van der Waals surface area contributed by atoms with Crippen LogP contribution in [0.15, 0.2) is 36.5 Å². The van der Waals surface area contributed by atoms with E-state index in [-0.39, 0.29) is 23.5 Å². The topological polar surface area (TPSA) is 80.1 Å². The Hall–Kier alpha value is -3.26. The van der Waals surface area contributed by atoms with E-state index in [9.17, 15) is 14.3 Å². The molecule has 2 aromatic heterocycles. The van der Waals surface area contributed by atoms with E-state index >= 15 is 4.39 Å². The number of hydrogen-bond acceptors (Lipinski definition) is 3. The van der Waals surface area contributed by atoms with E-state index in [0.29, 0.717) is 47.9 Å². The van der Waals surface area contributed by atoms with Crippen molar-refractivity contribution in [2.75, 3.05) is 13.2 Å². The van der Waals surface area contributed by atoms with Gasteiger partial charge in [-0.05, 0) is 67.5 Å². The molecule has 0 atom stereocenters. The van der Waals surface area contributed by atoms with Crippen LogP contribution in [0.25, 0.3) is 27.5 Å². The van der Waals surface area contributed by atoms with Crippen LogP contribution >= 0.6 is 0 Å². The Bertz CT molecular complexity index is 1360. The number of aromatic amines is 1. The van der Waals surface area contributed by atoms with Crippen molar-refractivity contribution >= 4 is 27.8 Å². The number of fused-ring (bicyclic) bond motifs is 2. The Balaban J connectivity index is 1.67. The third-order valence-electron chi connectivity index (χ3n) is 7.27. The molecular weight excluding hydrogens is 428 g/mol. The Morgan fingerprint density at radius 1 is 1.12 bits per heavy atom. The molecule has 2 aromatic carbocycles. The minimum atomic E-state index is -0.808. The maximum absolute atomic E-state index is 16.0. The second-order valence-electron chi connectivity index (χ2n) is 9.12. The number of halogens is 2. The molecule has 2 aliphatic rings. The maximum atomic E-state index is 16.0. The first-order valence-corrected chi connectivity index (χ1v) is 11.3. The first kappa shape index (κ1) is 20.4. The molecule has 1 saturated heterocycles. The van der Waals surface area contributed by atoms with Crippen molar-refractivity contribution in [2.24, 2.45) is 5.92 Å². The summed E-state index contributed by atoms with van der Waals surface area (Å²) in [6, 6.07) is 8.15. The highest BCUT2D eigenvalue weighted by molar-refractivity contribution is 6.00. The summed E-state index contributed by atoms with van der Waals surface area (Å²) in [6.07, 6.45) is 4.14. The van der Waals surface area contributed by atoms with Crippen LogP contribution in [0.1, 0.15) is 48.8 Å². The molecule has 6 nitrogen and oxygen atoms in total. The molecule has 2 N–H and O–H groups in total. The van der Waals surface area contributed by atoms with Crippen LogP contribution in [0.2, 0.25) is 0 Å². The number of nitrogens with one attached hydrogen (secondary N) is 1. The molecule has 0 bridgehead atoms. The lowest BCUT2D eigenvalue weighted by Crippen LogP contribution is -2.30. The van der Waals surface area contributed by atoms with Crippen molar-refractivity contribution in [3.8, 4) is 5.69 Å². The minimum absolute atomic E-state index is 0.0528. The molecule has 3 heterocycles. The minimum Gasteiger partial charge on any atom is -0.481 e. The lowest BCUT2D eigenvalue weighted by molar-refractivity contribution is -0.145. The van der Waals surface area contributed by atoms with Crippen LogP contribution in [0.3, 0.4) is 0 Å². The summed E-state index contributed by atoms with van der Waals surface area (Å²) in [5.74, 6) is -1.86. The zero-order chi connectivity index (χ0) is 22.7. The molecule has 2 fully saturated rings. The van der Waals surface area contributed by atoms with Gasteiger partial charge in [0.05, 0.1) is 17.6 Å². The lowest BCUT2D eigenvalue weighted by atomic mass is 9.69. The summed E-state index contributed by atoms with van der Waals surface area (Å²) in [7, 11) is 0. The van der Waals surface area contributed by atoms with Gasteiger partial charge in [0.1, 0.15) is 11.3 Å². The molecule has 6 rings (SSSR count). The number of nitrogens with zero attached hydrogens (tertiary/aromatic N) is 2. The van der Waals surface area contributed by atoms with E-state index in [1.807, 2.05) is 10.6 Å². The number of aromatic nitrogens is 3. The van der Waals surface area contributed by atoms with Crippen LogP contribution in [0.4, 0.5) is 8.78 Å². The number of ether oxygens (including phenoxy) is 1. The van der Waals surface area contributed by atoms with Crippen molar-refractivity contribution in [3.63, 3.8) is 0 Å². The normalized spacial score (nSPS) is 21.5. The molecule has 4 aromatic rings. The molecule has 33 heavy (non-hydrogen) atoms. The molecule has 1 saturated carbocycles. The van der Waals surface area contributed by atoms with E-state index < -0.39 is 11.9 Å². The quantitative estimate of drug-likeness (QED) is 0.444. The largest absolute Gasteiger partial charge is 0.481 e. The lowest BCUT2D eigenvalue weighted by Gasteiger charge is -2.35. The van der Waals surface area contributed by atoms with Crippen molar-refractivity contribution in [1.29, 1.82) is 0 Å². The first-order valence-electron chi connectivity index (χ1n) is 11.3. The number of benzene rings is 2. The van der Waals surface area contributed by atoms with Gasteiger partial charge >= 0.3 is 5.97 Å². The van der Waals surface area contributed by atoms with Gasteiger partial charge in [-0.25, -0.2) is 8.78 Å². The van der Waals surface area contributed by atoms with Crippen molar-refractivity contribution in [3.05, 3.63) is 59.4 Å². The first-order chi connectivity index (χ1) is 16.0. The second-order valence-corrected chi connectivity index (χ2v) is 9.12. The summed E-state index contributed by atoms with van der Waals surface area (Å²) >= 11 is 0. The van der Waals surface area contributed by atoms with Gasteiger partial charge in [-0.2, -0.15) is 5.10 Å². The number of rotatable bonds is 4. The van der Waals surface area contributed by atoms with Gasteiger partial charge in [-0.3, -0.25) is 9.89 Å². The van der Waals surface area contributed by atoms with E-state index in [1.54, 1.807) is 18.3 Å². The molecular formula is C25H23F2N3O3. The summed E-state index contributed by atoms with van der Waals surface area (Å²) in [5, 5.41) is 17.4. The standard InChI is InChI=1S/C25H23F2N3O3/c26-17-1-3-18(4-2-17)30-19-11-16-12-28-29-23(16)22(27)21(19)20(14-9-15(10-14)25(31)32)24(30)13-5-7-33-8-6-13/h1-4,11-15H,5-10H2,(H,28,29)(H,31,32). The van der Waals surface area contributed by atoms with Gasteiger partial charge < -0.3 is 14.4 Å². The van der Waals surface area contributed by atoms with Crippen LogP contribution in [0, 0.1) is 17.6 Å². The number of carboxylic acid groups (broad SMARTS) is 1. The highest BCUT2D eigenvalue weighted by Gasteiger charge is 2.41. The fourth-order valence-electron chi connectivity index (χ4n) is 5.56. The molecule has 0 amide bonds. The third-order valence-corrected chi connectivity index (χ3v) is 7.27. The number of hydrogen-bond donors (Lipinski definition) is 2. The fourth-order valence-corrected chi connectivity index (χ4v) is 5.56. The summed E-state index contributed by atoms with van der Waals surface area (Å²) in [4.78, 5) is 11.5. The number of aliphatic carboxylic acids is 1. The van der Waals surface area contributed by atoms with E-state index in [0.717, 1.165) is 29.8 Å². The summed E-state index contributed by atoms with van der Waals surface area (Å²) in [6.45, 7) is 1.23. The van der Waals surface area contributed by atoms with Gasteiger partial charge in [-0.1, -0.05) is 0 Å². The molecule has 1 aliphatic heterocycles. The highest BCUT2D eigenvalue weighted by Crippen LogP contribution is 2.51. The summed E-state index contributed by atoms with van der Waals surface area (Å²) in [5.41, 5.74) is 3.67. The van der Waals surface area contributed by atoms with Crippen LogP contribution in [-0.4, -0.2) is 39.1 Å². The van der Waals surface area contributed by atoms with Crippen molar-refractivity contribution in [2.45, 2.75) is 37.5 Å². The molecule has 0 spiro atoms. The number of carboxylic acids is 1. The fraction of sp³-hybridized carbons (Fsp3) is 0.360. The van der Waals surface area contributed by atoms with Crippen molar-refractivity contribution < 1.29 is 23.4 Å². The van der Waals surface area contributed by atoms with Gasteiger partial charge in [0.15, 0.2) is 5.82 Å². The Morgan fingerprint density at radius 3 is 2.55 bits per heavy atom. The van der Waals surface area contributed by atoms with Gasteiger partial charge in [0, 0.05) is 41.3 Å². The summed E-state index contributed by atoms with van der Waals surface area (Å²) < 4.78 is 37.4. The van der Waals surface area contributed by atoms with Crippen LogP contribution < -0.4 is 0 Å². The zero-order valence-corrected chi connectivity index (χ0v) is 17.9. The number of H-pyrrole nitrogens is 1. The predicted molar refractivity (Wildman–Crippen MR) is 119 cm³/mol. The van der Waals surface area contributed by atoms with E-state index in [1.165, 1.54) is 12.1 Å². The zero-order valence-electron chi connectivity index (χ0n) is 17.9. The average Bonchev–Trinajstić information content (AvgIpc) is 3.37. The SMILES string of the molecule is O=C(O)C1CC(c2c(C3CCOCC3)n(-c3ccc(F)cc3)c3cc4cn[nH]c4c(F)c23)C1. The maximum Gasteiger partial charge on any atom is 0.306 e. The van der Waals surface area contributed by atoms with Crippen LogP contribution in [-0.2, 0) is 9.53 Å². The van der Waals surface area contributed by atoms with E-state index in [2.05, 4.69) is 10.2 Å². The van der Waals surface area contributed by atoms with Gasteiger partial charge in [0.25, 0.3) is 0 Å². The molecule has 170 valence electrons.